The van der Waals surface area contributed by atoms with Crippen LogP contribution in [-0.2, 0) is 22.6 Å². The largest absolute Gasteiger partial charge is 0.378 e. The third-order valence-electron chi connectivity index (χ3n) is 10.3. The molecule has 2 aromatic heterocycles. The van der Waals surface area contributed by atoms with Crippen LogP contribution in [0, 0.1) is 37.3 Å². The van der Waals surface area contributed by atoms with Gasteiger partial charge in [0.15, 0.2) is 11.6 Å². The summed E-state index contributed by atoms with van der Waals surface area (Å²) in [5, 5.41) is 4.88. The van der Waals surface area contributed by atoms with Gasteiger partial charge in [-0.15, -0.1) is 0 Å². The molecule has 0 spiro atoms. The Morgan fingerprint density at radius 2 is 1.03 bits per heavy atom. The van der Waals surface area contributed by atoms with E-state index in [0.717, 1.165) is 12.8 Å². The first-order valence-electron chi connectivity index (χ1n) is 19.4. The maximum absolute atomic E-state index is 13.5. The summed E-state index contributed by atoms with van der Waals surface area (Å²) in [6.45, 7) is 8.60. The molecule has 0 bridgehead atoms. The number of Topliss-reactive ketones (excluding diaryl/α,β-unsaturated/α-hetero) is 2. The van der Waals surface area contributed by atoms with Gasteiger partial charge in [-0.05, 0) is 98.9 Å². The van der Waals surface area contributed by atoms with Crippen molar-refractivity contribution in [2.24, 2.45) is 11.8 Å². The van der Waals surface area contributed by atoms with Crippen LogP contribution in [0.15, 0.2) is 70.5 Å². The van der Waals surface area contributed by atoms with Crippen molar-refractivity contribution in [1.29, 1.82) is 0 Å². The van der Waals surface area contributed by atoms with Crippen molar-refractivity contribution >= 4 is 23.4 Å². The van der Waals surface area contributed by atoms with Gasteiger partial charge >= 0.3 is 0 Å². The number of hydrogen-bond donors (Lipinski definition) is 2. The fourth-order valence-electron chi connectivity index (χ4n) is 6.83. The summed E-state index contributed by atoms with van der Waals surface area (Å²) in [5.74, 6) is -1.68. The second-order valence-electron chi connectivity index (χ2n) is 14.7. The molecule has 308 valence electrons. The molecule has 2 saturated carbocycles. The lowest BCUT2D eigenvalue weighted by Gasteiger charge is -2.12. The molecule has 12 nitrogen and oxygen atoms in total. The molecule has 2 heterocycles. The molecule has 2 amide bonds. The van der Waals surface area contributed by atoms with Crippen LogP contribution >= 0.6 is 0 Å². The molecule has 0 aliphatic heterocycles. The third kappa shape index (κ3) is 10.9. The van der Waals surface area contributed by atoms with Crippen LogP contribution in [-0.4, -0.2) is 72.0 Å². The van der Waals surface area contributed by atoms with Crippen LogP contribution < -0.4 is 21.8 Å². The first-order valence-corrected chi connectivity index (χ1v) is 19.4. The molecular formula is C44H50F2N4O8. The topological polar surface area (TPSA) is 155 Å². The van der Waals surface area contributed by atoms with Crippen molar-refractivity contribution in [3.05, 3.63) is 138 Å². The fourth-order valence-corrected chi connectivity index (χ4v) is 6.83. The number of aryl methyl sites for hydroxylation is 2. The second kappa shape index (κ2) is 19.2. The normalized spacial score (nSPS) is 17.8. The van der Waals surface area contributed by atoms with Crippen molar-refractivity contribution in [1.82, 2.24) is 19.8 Å². The Bertz CT molecular complexity index is 2160. The van der Waals surface area contributed by atoms with Gasteiger partial charge in [-0.1, -0.05) is 24.3 Å². The van der Waals surface area contributed by atoms with Crippen LogP contribution in [0.3, 0.4) is 0 Å². The lowest BCUT2D eigenvalue weighted by Crippen LogP contribution is -2.32. The number of rotatable bonds is 16. The minimum atomic E-state index is -0.549. The van der Waals surface area contributed by atoms with Gasteiger partial charge < -0.3 is 29.2 Å². The van der Waals surface area contributed by atoms with Gasteiger partial charge in [-0.25, -0.2) is 8.78 Å². The van der Waals surface area contributed by atoms with Crippen LogP contribution in [0.4, 0.5) is 8.78 Å². The Hall–Kier alpha value is -5.60. The van der Waals surface area contributed by atoms with Crippen molar-refractivity contribution in [3.8, 4) is 0 Å². The highest BCUT2D eigenvalue weighted by Crippen LogP contribution is 2.38. The van der Waals surface area contributed by atoms with Gasteiger partial charge in [0.25, 0.3) is 22.9 Å². The molecule has 14 heteroatoms. The molecular weight excluding hydrogens is 750 g/mol. The second-order valence-corrected chi connectivity index (χ2v) is 14.7. The quantitative estimate of drug-likeness (QED) is 0.143. The van der Waals surface area contributed by atoms with E-state index in [4.69, 9.17) is 9.47 Å². The third-order valence-corrected chi connectivity index (χ3v) is 10.3. The standard InChI is InChI=1S/2C22H25FN2O4/c2*1-4-29-20-10-15(20)9-19(26)16-8-17(21(27)24-3)22(28)25(12-16)11-14-5-6-18(23)13(2)7-14/h2*5-8,12,15,20H,4,9-11H2,1-3H3,(H,24,27)/t2*15-,20-/m10/s1. The zero-order valence-electron chi connectivity index (χ0n) is 33.7. The number of carbonyl (C=O) groups is 4. The molecule has 2 N–H and O–H groups in total. The highest BCUT2D eigenvalue weighted by Gasteiger charge is 2.40. The van der Waals surface area contributed by atoms with E-state index >= 15 is 0 Å². The van der Waals surface area contributed by atoms with Gasteiger partial charge in [-0.2, -0.15) is 0 Å². The van der Waals surface area contributed by atoms with E-state index in [1.807, 2.05) is 13.8 Å². The summed E-state index contributed by atoms with van der Waals surface area (Å²) in [7, 11) is 2.86. The highest BCUT2D eigenvalue weighted by atomic mass is 19.1. The molecule has 0 radical (unpaired) electrons. The smallest absolute Gasteiger partial charge is 0.263 e. The van der Waals surface area contributed by atoms with Crippen molar-refractivity contribution < 1.29 is 37.4 Å². The minimum absolute atomic E-state index is 0.0886. The summed E-state index contributed by atoms with van der Waals surface area (Å²) < 4.78 is 40.8. The Morgan fingerprint density at radius 1 is 0.655 bits per heavy atom. The molecule has 4 atom stereocenters. The monoisotopic (exact) mass is 800 g/mol. The van der Waals surface area contributed by atoms with Gasteiger partial charge in [0.1, 0.15) is 22.8 Å². The average Bonchev–Trinajstić information content (AvgIpc) is 4.13. The van der Waals surface area contributed by atoms with Gasteiger partial charge in [0.05, 0.1) is 25.3 Å². The van der Waals surface area contributed by atoms with E-state index in [2.05, 4.69) is 10.6 Å². The van der Waals surface area contributed by atoms with Gasteiger partial charge in [-0.3, -0.25) is 28.8 Å². The maximum atomic E-state index is 13.5. The molecule has 2 aromatic carbocycles. The summed E-state index contributed by atoms with van der Waals surface area (Å²) >= 11 is 0. The lowest BCUT2D eigenvalue weighted by molar-refractivity contribution is 0.0924. The predicted molar refractivity (Wildman–Crippen MR) is 214 cm³/mol. The number of amides is 2. The summed E-state index contributed by atoms with van der Waals surface area (Å²) in [5.41, 5.74) is 1.78. The Kier molecular flexibility index (Phi) is 14.4. The molecule has 4 aromatic rings. The summed E-state index contributed by atoms with van der Waals surface area (Å²) in [4.78, 5) is 75.4. The van der Waals surface area contributed by atoms with Crippen LogP contribution in [0.25, 0.3) is 0 Å². The number of nitrogens with zero attached hydrogens (tertiary/aromatic N) is 2. The Morgan fingerprint density at radius 3 is 1.36 bits per heavy atom. The predicted octanol–water partition coefficient (Wildman–Crippen LogP) is 5.40. The van der Waals surface area contributed by atoms with E-state index in [1.54, 1.807) is 38.1 Å². The highest BCUT2D eigenvalue weighted by molar-refractivity contribution is 6.01. The lowest BCUT2D eigenvalue weighted by atomic mass is 10.0. The average molecular weight is 801 g/mol. The Balaban J connectivity index is 0.000000221. The van der Waals surface area contributed by atoms with E-state index in [9.17, 15) is 37.5 Å². The number of pyridine rings is 2. The first-order chi connectivity index (χ1) is 27.7. The van der Waals surface area contributed by atoms with Crippen molar-refractivity contribution in [3.63, 3.8) is 0 Å². The first kappa shape index (κ1) is 43.5. The molecule has 2 fully saturated rings. The van der Waals surface area contributed by atoms with Crippen LogP contribution in [0.5, 0.6) is 0 Å². The Labute approximate surface area is 335 Å². The molecule has 6 rings (SSSR count). The number of aromatic nitrogens is 2. The number of carbonyl (C=O) groups excluding carboxylic acids is 4. The fraction of sp³-hybridized carbons (Fsp3) is 0.409. The number of halogens is 2. The van der Waals surface area contributed by atoms with Crippen molar-refractivity contribution in [2.45, 2.75) is 78.7 Å². The van der Waals surface area contributed by atoms with E-state index < -0.39 is 22.9 Å². The number of hydrogen-bond acceptors (Lipinski definition) is 8. The zero-order valence-corrected chi connectivity index (χ0v) is 33.7. The molecule has 0 saturated heterocycles. The van der Waals surface area contributed by atoms with Crippen LogP contribution in [0.2, 0.25) is 0 Å². The molecule has 2 aliphatic carbocycles. The SMILES string of the molecule is CCO[C@@H]1C[C@H]1CC(=O)c1cc(C(=O)NC)c(=O)n(Cc2ccc(F)c(C)c2)c1.CCO[C@H]1C[C@@H]1CC(=O)c1cc(C(=O)NC)c(=O)n(Cc2ccc(F)c(C)c2)c1. The van der Waals surface area contributed by atoms with Crippen LogP contribution in [0.1, 0.15) is 103 Å². The number of ketones is 2. The van der Waals surface area contributed by atoms with Gasteiger partial charge in [0, 0.05) is 63.7 Å². The minimum Gasteiger partial charge on any atom is -0.378 e. The van der Waals surface area contributed by atoms with Gasteiger partial charge in [0.2, 0.25) is 0 Å². The summed E-state index contributed by atoms with van der Waals surface area (Å²) in [6, 6.07) is 11.8. The summed E-state index contributed by atoms with van der Waals surface area (Å²) in [6.07, 6.45) is 5.48. The molecule has 2 aliphatic rings. The van der Waals surface area contributed by atoms with E-state index in [-0.39, 0.29) is 71.5 Å². The van der Waals surface area contributed by atoms with Crippen molar-refractivity contribution in [2.75, 3.05) is 27.3 Å². The molecule has 0 unspecified atom stereocenters. The number of nitrogens with one attached hydrogen (secondary N) is 2. The molecule has 58 heavy (non-hydrogen) atoms. The zero-order chi connectivity index (χ0) is 42.3. The van der Waals surface area contributed by atoms with E-state index in [0.29, 0.717) is 59.4 Å². The van der Waals surface area contributed by atoms with E-state index in [1.165, 1.54) is 59.9 Å². The number of ether oxygens (including phenoxy) is 2. The number of benzene rings is 2. The maximum Gasteiger partial charge on any atom is 0.263 e.